The van der Waals surface area contributed by atoms with Crippen molar-refractivity contribution in [2.75, 3.05) is 5.32 Å². The Labute approximate surface area is 108 Å². The van der Waals surface area contributed by atoms with Gasteiger partial charge in [0.1, 0.15) is 9.17 Å². The van der Waals surface area contributed by atoms with Gasteiger partial charge in [-0.25, -0.2) is 4.79 Å². The fourth-order valence-electron chi connectivity index (χ4n) is 0.974. The van der Waals surface area contributed by atoms with Crippen molar-refractivity contribution in [1.82, 2.24) is 0 Å². The average Bonchev–Trinajstić information content (AvgIpc) is 2.06. The highest BCUT2D eigenvalue weighted by atomic mass is 127. The number of rotatable bonds is 1. The number of amides is 1. The maximum atomic E-state index is 11.5. The fourth-order valence-corrected chi connectivity index (χ4v) is 1.57. The molecule has 6 heteroatoms. The maximum Gasteiger partial charge on any atom is 0.412 e. The maximum absolute atomic E-state index is 11.5. The van der Waals surface area contributed by atoms with E-state index in [0.29, 0.717) is 9.26 Å². The first-order valence-electron chi connectivity index (χ1n) is 4.68. The van der Waals surface area contributed by atoms with Gasteiger partial charge in [-0.1, -0.05) is 0 Å². The largest absolute Gasteiger partial charge is 0.444 e. The normalized spacial score (nSPS) is 11.0. The van der Waals surface area contributed by atoms with Crippen LogP contribution in [-0.4, -0.2) is 16.9 Å². The minimum atomic E-state index is -0.527. The third-order valence-electron chi connectivity index (χ3n) is 1.53. The van der Waals surface area contributed by atoms with Crippen LogP contribution in [0.25, 0.3) is 0 Å². The molecule has 0 saturated carbocycles. The van der Waals surface area contributed by atoms with Gasteiger partial charge in [0.2, 0.25) is 12.4 Å². The van der Waals surface area contributed by atoms with Crippen LogP contribution in [0, 0.1) is 3.57 Å². The van der Waals surface area contributed by atoms with Gasteiger partial charge in [-0.15, -0.1) is 0 Å². The molecule has 0 spiro atoms. The first kappa shape index (κ1) is 13.0. The van der Waals surface area contributed by atoms with Crippen LogP contribution in [0.15, 0.2) is 18.5 Å². The second kappa shape index (κ2) is 4.86. The van der Waals surface area contributed by atoms with Crippen LogP contribution in [0.2, 0.25) is 0 Å². The van der Waals surface area contributed by atoms with Gasteiger partial charge in [0.15, 0.2) is 0 Å². The molecule has 5 nitrogen and oxygen atoms in total. The van der Waals surface area contributed by atoms with Gasteiger partial charge in [0, 0.05) is 10.8 Å². The monoisotopic (exact) mass is 337 g/mol. The highest BCUT2D eigenvalue weighted by molar-refractivity contribution is 14.1. The summed E-state index contributed by atoms with van der Waals surface area (Å²) in [5.41, 5.74) is 0.0708. The molecule has 1 aromatic rings. The van der Waals surface area contributed by atoms with Gasteiger partial charge < -0.3 is 4.74 Å². The van der Waals surface area contributed by atoms with E-state index in [0.717, 1.165) is 4.73 Å². The number of ether oxygens (including phenoxy) is 1. The van der Waals surface area contributed by atoms with Crippen molar-refractivity contribution in [1.29, 1.82) is 0 Å². The summed E-state index contributed by atoms with van der Waals surface area (Å²) in [7, 11) is 0. The van der Waals surface area contributed by atoms with E-state index in [1.165, 1.54) is 12.4 Å². The van der Waals surface area contributed by atoms with Crippen LogP contribution in [0.5, 0.6) is 0 Å². The zero-order valence-electron chi connectivity index (χ0n) is 9.32. The van der Waals surface area contributed by atoms with Crippen molar-refractivity contribution in [3.05, 3.63) is 22.0 Å². The summed E-state index contributed by atoms with van der Waals surface area (Å²) in [6, 6.07) is 1.59. The van der Waals surface area contributed by atoms with Crippen LogP contribution in [-0.2, 0) is 4.74 Å². The summed E-state index contributed by atoms with van der Waals surface area (Å²) in [5.74, 6) is 0. The van der Waals surface area contributed by atoms with E-state index in [-0.39, 0.29) is 0 Å². The lowest BCUT2D eigenvalue weighted by atomic mass is 10.2. The topological polar surface area (TPSA) is 62.4 Å². The lowest BCUT2D eigenvalue weighted by Gasteiger charge is -2.19. The molecule has 0 aliphatic heterocycles. The van der Waals surface area contributed by atoms with E-state index >= 15 is 0 Å². The Morgan fingerprint density at radius 1 is 1.56 bits per heavy atom. The predicted octanol–water partition coefficient (Wildman–Crippen LogP) is 2.16. The number of carbonyl (C=O) groups excluding carboxylic acids is 1. The smallest absolute Gasteiger partial charge is 0.412 e. The third-order valence-corrected chi connectivity index (χ3v) is 2.39. The summed E-state index contributed by atoms with van der Waals surface area (Å²) >= 11 is 2.01. The first-order valence-corrected chi connectivity index (χ1v) is 5.76. The van der Waals surface area contributed by atoms with Crippen LogP contribution in [0.1, 0.15) is 20.8 Å². The summed E-state index contributed by atoms with van der Waals surface area (Å²) in [6.45, 7) is 5.39. The molecule has 0 bridgehead atoms. The number of aromatic nitrogens is 1. The van der Waals surface area contributed by atoms with Gasteiger partial charge in [-0.3, -0.25) is 10.5 Å². The molecule has 0 atom stereocenters. The molecule has 1 rings (SSSR count). The number of hydrogen-bond donors (Lipinski definition) is 2. The molecular formula is C10H14IN2O3+. The Bertz CT molecular complexity index is 402. The molecular weight excluding hydrogens is 323 g/mol. The Kier molecular flexibility index (Phi) is 3.95. The quantitative estimate of drug-likeness (QED) is 0.469. The van der Waals surface area contributed by atoms with Gasteiger partial charge in [-0.05, 0) is 43.4 Å². The van der Waals surface area contributed by atoms with Crippen LogP contribution in [0.4, 0.5) is 10.5 Å². The lowest BCUT2D eigenvalue weighted by Crippen LogP contribution is -2.31. The molecule has 1 aromatic heterocycles. The molecule has 88 valence electrons. The lowest BCUT2D eigenvalue weighted by molar-refractivity contribution is -0.905. The highest BCUT2D eigenvalue weighted by Gasteiger charge is 2.17. The van der Waals surface area contributed by atoms with Crippen molar-refractivity contribution in [2.24, 2.45) is 0 Å². The number of nitrogens with one attached hydrogen (secondary N) is 1. The van der Waals surface area contributed by atoms with E-state index in [1.54, 1.807) is 26.8 Å². The van der Waals surface area contributed by atoms with Crippen LogP contribution < -0.4 is 10.0 Å². The predicted molar refractivity (Wildman–Crippen MR) is 66.4 cm³/mol. The molecule has 0 aromatic carbocycles. The minimum absolute atomic E-state index is 0.513. The Morgan fingerprint density at radius 2 is 2.19 bits per heavy atom. The molecule has 0 aliphatic carbocycles. The Balaban J connectivity index is 2.70. The van der Waals surface area contributed by atoms with E-state index in [4.69, 9.17) is 9.94 Å². The second-order valence-electron chi connectivity index (χ2n) is 4.21. The molecule has 0 fully saturated rings. The number of pyridine rings is 1. The van der Waals surface area contributed by atoms with E-state index in [9.17, 15) is 4.79 Å². The summed E-state index contributed by atoms with van der Waals surface area (Å²) < 4.78 is 6.74. The highest BCUT2D eigenvalue weighted by Crippen LogP contribution is 2.16. The SMILES string of the molecule is CC(C)(C)OC(=O)Nc1cc[n+](O)cc1I. The molecule has 0 saturated heterocycles. The van der Waals surface area contributed by atoms with Crippen molar-refractivity contribution in [3.8, 4) is 0 Å². The van der Waals surface area contributed by atoms with Crippen LogP contribution >= 0.6 is 22.6 Å². The van der Waals surface area contributed by atoms with Crippen molar-refractivity contribution < 1.29 is 19.5 Å². The Hall–Kier alpha value is -1.05. The van der Waals surface area contributed by atoms with Crippen molar-refractivity contribution in [2.45, 2.75) is 26.4 Å². The molecule has 16 heavy (non-hydrogen) atoms. The first-order chi connectivity index (χ1) is 7.28. The number of nitrogens with zero attached hydrogens (tertiary/aromatic N) is 1. The summed E-state index contributed by atoms with van der Waals surface area (Å²) in [5, 5.41) is 11.7. The number of halogens is 1. The standard InChI is InChI=1S/C10H13IN2O3/c1-10(2,3)16-9(14)12-8-4-5-13(15)6-7(8)11/h4-6,15H,1-3H3/p+1. The second-order valence-corrected chi connectivity index (χ2v) is 5.38. The summed E-state index contributed by atoms with van der Waals surface area (Å²) in [6.07, 6.45) is 2.39. The zero-order chi connectivity index (χ0) is 12.3. The molecule has 1 amide bonds. The van der Waals surface area contributed by atoms with Crippen molar-refractivity contribution in [3.63, 3.8) is 0 Å². The van der Waals surface area contributed by atoms with E-state index < -0.39 is 11.7 Å². The zero-order valence-corrected chi connectivity index (χ0v) is 11.5. The number of carbonyl (C=O) groups is 1. The molecule has 1 heterocycles. The van der Waals surface area contributed by atoms with Gasteiger partial charge in [-0.2, -0.15) is 0 Å². The van der Waals surface area contributed by atoms with Gasteiger partial charge >= 0.3 is 6.09 Å². The molecule has 0 aliphatic rings. The fraction of sp³-hybridized carbons (Fsp3) is 0.400. The molecule has 0 radical (unpaired) electrons. The van der Waals surface area contributed by atoms with E-state index in [2.05, 4.69) is 5.32 Å². The van der Waals surface area contributed by atoms with Crippen molar-refractivity contribution >= 4 is 34.4 Å². The summed E-state index contributed by atoms with van der Waals surface area (Å²) in [4.78, 5) is 11.5. The third kappa shape index (κ3) is 4.21. The van der Waals surface area contributed by atoms with Crippen LogP contribution in [0.3, 0.4) is 0 Å². The number of hydrogen-bond acceptors (Lipinski definition) is 3. The molecule has 2 N–H and O–H groups in total. The Morgan fingerprint density at radius 3 is 2.69 bits per heavy atom. The number of anilines is 1. The van der Waals surface area contributed by atoms with Gasteiger partial charge in [0.25, 0.3) is 0 Å². The minimum Gasteiger partial charge on any atom is -0.444 e. The molecule has 0 unspecified atom stereocenters. The van der Waals surface area contributed by atoms with Gasteiger partial charge in [0.05, 0.1) is 5.69 Å². The van der Waals surface area contributed by atoms with E-state index in [1.807, 2.05) is 22.6 Å². The average molecular weight is 337 g/mol.